The Bertz CT molecular complexity index is 1050. The van der Waals surface area contributed by atoms with Gasteiger partial charge in [0.05, 0.1) is 13.7 Å². The molecule has 1 unspecified atom stereocenters. The van der Waals surface area contributed by atoms with Crippen molar-refractivity contribution < 1.29 is 38.2 Å². The predicted octanol–water partition coefficient (Wildman–Crippen LogP) is 1.61. The second kappa shape index (κ2) is 19.8. The largest absolute Gasteiger partial charge is 0.468 e. The maximum absolute atomic E-state index is 13.0. The van der Waals surface area contributed by atoms with E-state index in [-0.39, 0.29) is 44.5 Å². The summed E-state index contributed by atoms with van der Waals surface area (Å²) in [5, 5.41) is 10.1. The number of amides is 3. The number of nitrogens with one attached hydrogen (secondary N) is 4. The number of ether oxygens (including phenoxy) is 3. The third kappa shape index (κ3) is 13.6. The molecule has 4 N–H and O–H groups in total. The fraction of sp³-hybridized carbons (Fsp3) is 0.393. The van der Waals surface area contributed by atoms with Gasteiger partial charge in [0.2, 0.25) is 11.9 Å². The summed E-state index contributed by atoms with van der Waals surface area (Å²) in [7, 11) is 2.64. The smallest absolute Gasteiger partial charge is 0.335 e. The van der Waals surface area contributed by atoms with Crippen LogP contribution in [0.4, 0.5) is 4.79 Å². The number of hydrogen-bond donors (Lipinski definition) is 4. The van der Waals surface area contributed by atoms with E-state index in [0.717, 1.165) is 11.1 Å². The van der Waals surface area contributed by atoms with Gasteiger partial charge in [-0.25, -0.2) is 14.4 Å². The van der Waals surface area contributed by atoms with Crippen LogP contribution in [0.3, 0.4) is 0 Å². The molecule has 1 atom stereocenters. The number of benzene rings is 2. The molecular formula is C28H37ClN4O8. The molecule has 224 valence electrons. The molecule has 2 rings (SSSR count). The lowest BCUT2D eigenvalue weighted by Crippen LogP contribution is -2.52. The number of rotatable bonds is 16. The molecule has 3 amide bonds. The van der Waals surface area contributed by atoms with E-state index < -0.39 is 36.0 Å². The first-order valence-corrected chi connectivity index (χ1v) is 12.8. The zero-order chi connectivity index (χ0) is 29.2. The average Bonchev–Trinajstić information content (AvgIpc) is 2.99. The number of halogens is 1. The number of esters is 3. The van der Waals surface area contributed by atoms with Crippen LogP contribution in [0.5, 0.6) is 0 Å². The molecule has 0 saturated heterocycles. The SMILES string of the molecule is CNC(=O)NCC(=O)NCCCCC(NC(C(=O)OCc1ccccc1)C(=O)OCc1ccccc1)C(=O)OC.Cl. The van der Waals surface area contributed by atoms with Gasteiger partial charge in [0.15, 0.2) is 0 Å². The quantitative estimate of drug-likeness (QED) is 0.0982. The van der Waals surface area contributed by atoms with Crippen LogP contribution < -0.4 is 21.3 Å². The Kier molecular flexibility index (Phi) is 16.9. The lowest BCUT2D eigenvalue weighted by molar-refractivity contribution is -0.161. The summed E-state index contributed by atoms with van der Waals surface area (Å²) < 4.78 is 15.6. The summed E-state index contributed by atoms with van der Waals surface area (Å²) in [4.78, 5) is 61.4. The van der Waals surface area contributed by atoms with Crippen LogP contribution in [0.2, 0.25) is 0 Å². The van der Waals surface area contributed by atoms with Crippen molar-refractivity contribution in [1.29, 1.82) is 0 Å². The lowest BCUT2D eigenvalue weighted by atomic mass is 10.1. The molecule has 13 heteroatoms. The zero-order valence-corrected chi connectivity index (χ0v) is 23.9. The van der Waals surface area contributed by atoms with E-state index in [9.17, 15) is 24.0 Å². The molecule has 0 aliphatic heterocycles. The third-order valence-electron chi connectivity index (χ3n) is 5.65. The monoisotopic (exact) mass is 592 g/mol. The molecule has 0 fully saturated rings. The van der Waals surface area contributed by atoms with E-state index >= 15 is 0 Å². The molecule has 0 aliphatic carbocycles. The Labute approximate surface area is 245 Å². The van der Waals surface area contributed by atoms with Crippen LogP contribution in [-0.4, -0.2) is 69.2 Å². The molecule has 2 aromatic carbocycles. The highest BCUT2D eigenvalue weighted by atomic mass is 35.5. The van der Waals surface area contributed by atoms with E-state index in [4.69, 9.17) is 14.2 Å². The van der Waals surface area contributed by atoms with Gasteiger partial charge in [-0.15, -0.1) is 12.4 Å². The Morgan fingerprint density at radius 2 is 1.29 bits per heavy atom. The number of carbonyl (C=O) groups excluding carboxylic acids is 5. The van der Waals surface area contributed by atoms with Crippen molar-refractivity contribution in [2.45, 2.75) is 44.6 Å². The fourth-order valence-electron chi connectivity index (χ4n) is 3.48. The number of unbranched alkanes of at least 4 members (excludes halogenated alkanes) is 1. The van der Waals surface area contributed by atoms with Crippen LogP contribution in [0.1, 0.15) is 30.4 Å². The van der Waals surface area contributed by atoms with E-state index in [1.165, 1.54) is 14.2 Å². The summed E-state index contributed by atoms with van der Waals surface area (Å²) >= 11 is 0. The van der Waals surface area contributed by atoms with Crippen LogP contribution in [0.25, 0.3) is 0 Å². The van der Waals surface area contributed by atoms with Gasteiger partial charge in [-0.05, 0) is 30.4 Å². The molecule has 12 nitrogen and oxygen atoms in total. The molecule has 0 aliphatic rings. The van der Waals surface area contributed by atoms with Crippen molar-refractivity contribution in [3.05, 3.63) is 71.8 Å². The molecule has 0 aromatic heterocycles. The molecule has 41 heavy (non-hydrogen) atoms. The molecule has 2 aromatic rings. The van der Waals surface area contributed by atoms with E-state index in [2.05, 4.69) is 21.3 Å². The minimum absolute atomic E-state index is 0. The van der Waals surface area contributed by atoms with Crippen LogP contribution in [0, 0.1) is 0 Å². The molecular weight excluding hydrogens is 556 g/mol. The van der Waals surface area contributed by atoms with E-state index in [1.807, 2.05) is 12.1 Å². The molecule has 0 spiro atoms. The van der Waals surface area contributed by atoms with Gasteiger partial charge >= 0.3 is 23.9 Å². The summed E-state index contributed by atoms with van der Waals surface area (Å²) in [6.07, 6.45) is 1.14. The third-order valence-corrected chi connectivity index (χ3v) is 5.65. The van der Waals surface area contributed by atoms with Crippen molar-refractivity contribution in [1.82, 2.24) is 21.3 Å². The van der Waals surface area contributed by atoms with Crippen LogP contribution in [0.15, 0.2) is 60.7 Å². The van der Waals surface area contributed by atoms with Crippen LogP contribution in [-0.2, 0) is 46.6 Å². The number of methoxy groups -OCH3 is 1. The maximum atomic E-state index is 13.0. The standard InChI is InChI=1S/C28H36N4O8.ClH/c1-29-28(37)31-17-23(33)30-16-10-9-15-22(25(34)38-2)32-24(26(35)39-18-20-11-5-3-6-12-20)27(36)40-19-21-13-7-4-8-14-21;/h3-8,11-14,22,24,32H,9-10,15-19H2,1-2H3,(H,30,33)(H2,29,31,37);1H. The first-order chi connectivity index (χ1) is 19.3. The number of urea groups is 1. The normalized spacial score (nSPS) is 10.9. The molecule has 0 saturated carbocycles. The highest BCUT2D eigenvalue weighted by Gasteiger charge is 2.34. The summed E-state index contributed by atoms with van der Waals surface area (Å²) in [6.45, 7) is -0.0178. The second-order valence-electron chi connectivity index (χ2n) is 8.64. The van der Waals surface area contributed by atoms with Gasteiger partial charge < -0.3 is 30.2 Å². The van der Waals surface area contributed by atoms with Gasteiger partial charge in [-0.1, -0.05) is 60.7 Å². The van der Waals surface area contributed by atoms with Crippen molar-refractivity contribution in [2.75, 3.05) is 27.2 Å². The Balaban J connectivity index is 0.00000840. The van der Waals surface area contributed by atoms with Gasteiger partial charge in [0.1, 0.15) is 19.3 Å². The first kappa shape index (κ1) is 34.9. The predicted molar refractivity (Wildman–Crippen MR) is 152 cm³/mol. The van der Waals surface area contributed by atoms with E-state index in [1.54, 1.807) is 48.5 Å². The van der Waals surface area contributed by atoms with Crippen LogP contribution >= 0.6 is 12.4 Å². The van der Waals surface area contributed by atoms with Gasteiger partial charge in [-0.3, -0.25) is 14.9 Å². The zero-order valence-electron chi connectivity index (χ0n) is 23.1. The highest BCUT2D eigenvalue weighted by molar-refractivity contribution is 5.99. The lowest BCUT2D eigenvalue weighted by Gasteiger charge is -2.22. The van der Waals surface area contributed by atoms with Crippen molar-refractivity contribution in [3.63, 3.8) is 0 Å². The molecule has 0 radical (unpaired) electrons. The average molecular weight is 593 g/mol. The van der Waals surface area contributed by atoms with Gasteiger partial charge in [-0.2, -0.15) is 0 Å². The number of carbonyl (C=O) groups is 5. The molecule has 0 bridgehead atoms. The minimum Gasteiger partial charge on any atom is -0.468 e. The van der Waals surface area contributed by atoms with Gasteiger partial charge in [0.25, 0.3) is 0 Å². The Morgan fingerprint density at radius 3 is 1.78 bits per heavy atom. The minimum atomic E-state index is -1.58. The summed E-state index contributed by atoms with van der Waals surface area (Å²) in [6, 6.07) is 14.8. The van der Waals surface area contributed by atoms with Gasteiger partial charge in [0, 0.05) is 13.6 Å². The number of hydrogen-bond acceptors (Lipinski definition) is 9. The second-order valence-corrected chi connectivity index (χ2v) is 8.64. The highest BCUT2D eigenvalue weighted by Crippen LogP contribution is 2.09. The fourth-order valence-corrected chi connectivity index (χ4v) is 3.48. The summed E-state index contributed by atoms with van der Waals surface area (Å²) in [5.74, 6) is -2.83. The van der Waals surface area contributed by atoms with E-state index in [0.29, 0.717) is 19.4 Å². The molecule has 0 heterocycles. The van der Waals surface area contributed by atoms with Crippen molar-refractivity contribution in [3.8, 4) is 0 Å². The maximum Gasteiger partial charge on any atom is 0.335 e. The summed E-state index contributed by atoms with van der Waals surface area (Å²) in [5.41, 5.74) is 1.45. The Hall–Kier alpha value is -4.16. The first-order valence-electron chi connectivity index (χ1n) is 12.8. The topological polar surface area (TPSA) is 161 Å². The van der Waals surface area contributed by atoms with Crippen molar-refractivity contribution in [2.24, 2.45) is 0 Å². The Morgan fingerprint density at radius 1 is 0.756 bits per heavy atom. The van der Waals surface area contributed by atoms with Crippen molar-refractivity contribution >= 4 is 42.3 Å².